The number of hydrogen-bond acceptors (Lipinski definition) is 5. The van der Waals surface area contributed by atoms with Crippen LogP contribution in [0.25, 0.3) is 10.2 Å². The molecule has 1 saturated heterocycles. The van der Waals surface area contributed by atoms with Crippen molar-refractivity contribution in [2.75, 3.05) is 24.6 Å². The lowest BCUT2D eigenvalue weighted by molar-refractivity contribution is -0.121. The molecule has 1 unspecified atom stereocenters. The summed E-state index contributed by atoms with van der Waals surface area (Å²) in [5.41, 5.74) is 1.84. The first-order valence-electron chi connectivity index (χ1n) is 10.3. The van der Waals surface area contributed by atoms with E-state index >= 15 is 0 Å². The molecular weight excluding hydrogens is 398 g/mol. The number of thiazole rings is 1. The highest BCUT2D eigenvalue weighted by atomic mass is 32.1. The van der Waals surface area contributed by atoms with Crippen LogP contribution in [-0.2, 0) is 20.7 Å². The molecule has 6 nitrogen and oxygen atoms in total. The Balaban J connectivity index is 1.38. The van der Waals surface area contributed by atoms with Crippen molar-refractivity contribution in [1.29, 1.82) is 0 Å². The average molecular weight is 424 g/mol. The minimum absolute atomic E-state index is 0.0358. The number of rotatable bonds is 8. The van der Waals surface area contributed by atoms with Gasteiger partial charge in [-0.25, -0.2) is 4.98 Å². The van der Waals surface area contributed by atoms with E-state index in [9.17, 15) is 9.59 Å². The Morgan fingerprint density at radius 3 is 2.70 bits per heavy atom. The fourth-order valence-corrected chi connectivity index (χ4v) is 4.53. The summed E-state index contributed by atoms with van der Waals surface area (Å²) < 4.78 is 6.80. The molecule has 0 saturated carbocycles. The zero-order valence-corrected chi connectivity index (χ0v) is 17.6. The smallest absolute Gasteiger partial charge is 0.230 e. The van der Waals surface area contributed by atoms with Gasteiger partial charge in [0.25, 0.3) is 0 Å². The number of benzene rings is 2. The van der Waals surface area contributed by atoms with Crippen LogP contribution in [0.3, 0.4) is 0 Å². The van der Waals surface area contributed by atoms with Gasteiger partial charge in [0.1, 0.15) is 0 Å². The first-order valence-corrected chi connectivity index (χ1v) is 11.1. The van der Waals surface area contributed by atoms with Crippen LogP contribution in [0.2, 0.25) is 0 Å². The molecule has 30 heavy (non-hydrogen) atoms. The number of nitrogens with one attached hydrogen (secondary N) is 1. The molecule has 0 aliphatic carbocycles. The molecule has 1 N–H and O–H groups in total. The zero-order chi connectivity index (χ0) is 20.8. The fraction of sp³-hybridized carbons (Fsp3) is 0.348. The summed E-state index contributed by atoms with van der Waals surface area (Å²) in [5.74, 6) is -0.135. The Bertz CT molecular complexity index is 966. The summed E-state index contributed by atoms with van der Waals surface area (Å²) in [6.45, 7) is 1.54. The third-order valence-corrected chi connectivity index (χ3v) is 6.15. The fourth-order valence-electron chi connectivity index (χ4n) is 3.54. The van der Waals surface area contributed by atoms with Gasteiger partial charge in [-0.3, -0.25) is 14.5 Å². The Morgan fingerprint density at radius 2 is 1.93 bits per heavy atom. The molecule has 1 aliphatic rings. The second-order valence-electron chi connectivity index (χ2n) is 7.37. The molecule has 0 spiro atoms. The number of amides is 2. The van der Waals surface area contributed by atoms with Crippen molar-refractivity contribution < 1.29 is 14.3 Å². The molecule has 2 aromatic carbocycles. The molecule has 7 heteroatoms. The lowest BCUT2D eigenvalue weighted by Gasteiger charge is -2.23. The monoisotopic (exact) mass is 423 g/mol. The standard InChI is InChI=1S/C23H25N3O3S/c27-21(15-17-7-2-1-3-8-17)24-13-12-22(28)26(16-18-9-6-14-29-18)23-25-19-10-4-5-11-20(19)30-23/h1-5,7-8,10-11,18H,6,9,12-16H2,(H,24,27). The van der Waals surface area contributed by atoms with E-state index in [2.05, 4.69) is 10.3 Å². The molecule has 1 atom stereocenters. The number of carbonyl (C=O) groups excluding carboxylic acids is 2. The molecule has 3 aromatic rings. The Labute approximate surface area is 179 Å². The van der Waals surface area contributed by atoms with Crippen LogP contribution in [-0.4, -0.2) is 42.6 Å². The van der Waals surface area contributed by atoms with Gasteiger partial charge in [-0.2, -0.15) is 0 Å². The molecule has 1 aromatic heterocycles. The normalized spacial score (nSPS) is 15.9. The summed E-state index contributed by atoms with van der Waals surface area (Å²) in [5, 5.41) is 3.54. The highest BCUT2D eigenvalue weighted by molar-refractivity contribution is 7.22. The summed E-state index contributed by atoms with van der Waals surface area (Å²) in [6, 6.07) is 17.5. The van der Waals surface area contributed by atoms with E-state index in [-0.39, 0.29) is 24.3 Å². The van der Waals surface area contributed by atoms with Gasteiger partial charge in [-0.1, -0.05) is 53.8 Å². The van der Waals surface area contributed by atoms with Crippen molar-refractivity contribution >= 4 is 38.5 Å². The van der Waals surface area contributed by atoms with Gasteiger partial charge in [-0.05, 0) is 30.5 Å². The van der Waals surface area contributed by atoms with Crippen molar-refractivity contribution in [2.24, 2.45) is 0 Å². The third kappa shape index (κ3) is 5.23. The predicted octanol–water partition coefficient (Wildman–Crippen LogP) is 3.56. The van der Waals surface area contributed by atoms with E-state index < -0.39 is 0 Å². The van der Waals surface area contributed by atoms with Gasteiger partial charge in [-0.15, -0.1) is 0 Å². The number of hydrogen-bond donors (Lipinski definition) is 1. The van der Waals surface area contributed by atoms with E-state index in [1.54, 1.807) is 4.90 Å². The number of para-hydroxylation sites is 1. The average Bonchev–Trinajstić information content (AvgIpc) is 3.42. The molecule has 2 amide bonds. The molecular formula is C23H25N3O3S. The van der Waals surface area contributed by atoms with Crippen molar-refractivity contribution in [3.8, 4) is 0 Å². The van der Waals surface area contributed by atoms with E-state index in [4.69, 9.17) is 4.74 Å². The molecule has 0 bridgehead atoms. The van der Waals surface area contributed by atoms with Crippen molar-refractivity contribution in [2.45, 2.75) is 31.8 Å². The number of aromatic nitrogens is 1. The molecule has 2 heterocycles. The van der Waals surface area contributed by atoms with E-state index in [0.717, 1.165) is 35.2 Å². The Hall–Kier alpha value is -2.77. The van der Waals surface area contributed by atoms with Gasteiger partial charge in [0, 0.05) is 19.6 Å². The van der Waals surface area contributed by atoms with Crippen LogP contribution in [0, 0.1) is 0 Å². The van der Waals surface area contributed by atoms with Crippen LogP contribution < -0.4 is 10.2 Å². The van der Waals surface area contributed by atoms with Crippen molar-refractivity contribution in [1.82, 2.24) is 10.3 Å². The number of nitrogens with zero attached hydrogens (tertiary/aromatic N) is 2. The van der Waals surface area contributed by atoms with Crippen LogP contribution in [0.4, 0.5) is 5.13 Å². The quantitative estimate of drug-likeness (QED) is 0.601. The van der Waals surface area contributed by atoms with Crippen LogP contribution in [0.1, 0.15) is 24.8 Å². The largest absolute Gasteiger partial charge is 0.376 e. The highest BCUT2D eigenvalue weighted by Gasteiger charge is 2.26. The SMILES string of the molecule is O=C(Cc1ccccc1)NCCC(=O)N(CC1CCCO1)c1nc2ccccc2s1. The van der Waals surface area contributed by atoms with Crippen LogP contribution >= 0.6 is 11.3 Å². The van der Waals surface area contributed by atoms with Crippen LogP contribution in [0.5, 0.6) is 0 Å². The maximum absolute atomic E-state index is 13.0. The first kappa shape index (κ1) is 20.5. The summed E-state index contributed by atoms with van der Waals surface area (Å²) in [4.78, 5) is 31.6. The minimum atomic E-state index is -0.0836. The topological polar surface area (TPSA) is 71.5 Å². The maximum Gasteiger partial charge on any atom is 0.230 e. The van der Waals surface area contributed by atoms with Crippen LogP contribution in [0.15, 0.2) is 54.6 Å². The lowest BCUT2D eigenvalue weighted by atomic mass is 10.1. The van der Waals surface area contributed by atoms with E-state index in [1.165, 1.54) is 11.3 Å². The van der Waals surface area contributed by atoms with E-state index in [1.807, 2.05) is 54.6 Å². The molecule has 4 rings (SSSR count). The molecule has 0 radical (unpaired) electrons. The van der Waals surface area contributed by atoms with Gasteiger partial charge in [0.2, 0.25) is 11.8 Å². The minimum Gasteiger partial charge on any atom is -0.376 e. The zero-order valence-electron chi connectivity index (χ0n) is 16.8. The Morgan fingerprint density at radius 1 is 1.13 bits per heavy atom. The second kappa shape index (κ2) is 9.82. The van der Waals surface area contributed by atoms with Gasteiger partial charge in [0.05, 0.1) is 29.3 Å². The predicted molar refractivity (Wildman–Crippen MR) is 119 cm³/mol. The summed E-state index contributed by atoms with van der Waals surface area (Å²) in [7, 11) is 0. The first-order chi connectivity index (χ1) is 14.7. The molecule has 1 aliphatic heterocycles. The lowest BCUT2D eigenvalue weighted by Crippen LogP contribution is -2.39. The maximum atomic E-state index is 13.0. The second-order valence-corrected chi connectivity index (χ2v) is 8.37. The van der Waals surface area contributed by atoms with Gasteiger partial charge in [0.15, 0.2) is 5.13 Å². The van der Waals surface area contributed by atoms with Crippen molar-refractivity contribution in [3.05, 3.63) is 60.2 Å². The number of ether oxygens (including phenoxy) is 1. The van der Waals surface area contributed by atoms with Crippen molar-refractivity contribution in [3.63, 3.8) is 0 Å². The van der Waals surface area contributed by atoms with Gasteiger partial charge >= 0.3 is 0 Å². The highest BCUT2D eigenvalue weighted by Crippen LogP contribution is 2.30. The number of carbonyl (C=O) groups is 2. The summed E-state index contributed by atoms with van der Waals surface area (Å²) >= 11 is 1.51. The number of anilines is 1. The number of fused-ring (bicyclic) bond motifs is 1. The Kier molecular flexibility index (Phi) is 6.71. The van der Waals surface area contributed by atoms with E-state index in [0.29, 0.717) is 24.6 Å². The summed E-state index contributed by atoms with van der Waals surface area (Å²) in [6.07, 6.45) is 2.54. The van der Waals surface area contributed by atoms with Gasteiger partial charge < -0.3 is 10.1 Å². The molecule has 1 fully saturated rings. The molecule has 156 valence electrons. The third-order valence-electron chi connectivity index (χ3n) is 5.09.